The molecule has 10 heteroatoms. The fourth-order valence-corrected chi connectivity index (χ4v) is 4.01. The Morgan fingerprint density at radius 2 is 2.04 bits per heavy atom. The van der Waals surface area contributed by atoms with Crippen LogP contribution >= 0.6 is 22.6 Å². The molecular formula is C18H20IN5O4. The molecule has 4 atom stereocenters. The van der Waals surface area contributed by atoms with E-state index in [1.807, 2.05) is 24.1 Å². The summed E-state index contributed by atoms with van der Waals surface area (Å²) in [5.74, 6) is 0.648. The Morgan fingerprint density at radius 3 is 2.75 bits per heavy atom. The van der Waals surface area contributed by atoms with E-state index in [1.165, 1.54) is 12.7 Å². The third kappa shape index (κ3) is 3.46. The Morgan fingerprint density at radius 1 is 1.21 bits per heavy atom. The molecule has 0 bridgehead atoms. The molecule has 2 aromatic heterocycles. The second kappa shape index (κ2) is 7.87. The number of nitrogens with zero attached hydrogens (tertiary/aromatic N) is 5. The molecule has 0 saturated carbocycles. The van der Waals surface area contributed by atoms with Crippen molar-refractivity contribution in [3.63, 3.8) is 0 Å². The summed E-state index contributed by atoms with van der Waals surface area (Å²) in [5.41, 5.74) is 2.19. The zero-order chi connectivity index (χ0) is 19.8. The van der Waals surface area contributed by atoms with Gasteiger partial charge in [-0.25, -0.2) is 15.0 Å². The number of anilines is 1. The first-order valence-corrected chi connectivity index (χ1v) is 9.83. The second-order valence-electron chi connectivity index (χ2n) is 6.74. The predicted octanol–water partition coefficient (Wildman–Crippen LogP) is 0.679. The number of hydrogen-bond acceptors (Lipinski definition) is 8. The number of aliphatic hydroxyl groups excluding tert-OH is 3. The van der Waals surface area contributed by atoms with Crippen LogP contribution in [-0.4, -0.2) is 66.8 Å². The Hall–Kier alpha value is -1.86. The molecule has 1 fully saturated rings. The zero-order valence-corrected chi connectivity index (χ0v) is 17.2. The molecule has 3 heterocycles. The van der Waals surface area contributed by atoms with Crippen molar-refractivity contribution in [2.24, 2.45) is 0 Å². The number of aromatic nitrogens is 4. The summed E-state index contributed by atoms with van der Waals surface area (Å²) in [6.07, 6.45) is -1.19. The third-order valence-corrected chi connectivity index (χ3v) is 5.47. The van der Waals surface area contributed by atoms with E-state index in [1.54, 1.807) is 4.57 Å². The summed E-state index contributed by atoms with van der Waals surface area (Å²) in [6, 6.07) is 8.20. The Kier molecular flexibility index (Phi) is 5.47. The van der Waals surface area contributed by atoms with Gasteiger partial charge in [-0.05, 0) is 40.3 Å². The maximum atomic E-state index is 10.3. The van der Waals surface area contributed by atoms with Gasteiger partial charge in [0.2, 0.25) is 0 Å². The number of ether oxygens (including phenoxy) is 1. The summed E-state index contributed by atoms with van der Waals surface area (Å²) in [6.45, 7) is 0.254. The minimum absolute atomic E-state index is 0.389. The van der Waals surface area contributed by atoms with Gasteiger partial charge in [-0.15, -0.1) is 0 Å². The summed E-state index contributed by atoms with van der Waals surface area (Å²) in [4.78, 5) is 15.1. The average molecular weight is 497 g/mol. The molecule has 1 saturated heterocycles. The molecule has 3 N–H and O–H groups in total. The molecule has 28 heavy (non-hydrogen) atoms. The van der Waals surface area contributed by atoms with Gasteiger partial charge in [0.15, 0.2) is 23.2 Å². The van der Waals surface area contributed by atoms with Crippen molar-refractivity contribution in [3.8, 4) is 0 Å². The van der Waals surface area contributed by atoms with E-state index in [-0.39, 0.29) is 6.61 Å². The molecule has 0 amide bonds. The first-order valence-electron chi connectivity index (χ1n) is 8.75. The first-order chi connectivity index (χ1) is 13.5. The average Bonchev–Trinajstić information content (AvgIpc) is 3.23. The van der Waals surface area contributed by atoms with Crippen LogP contribution in [0.15, 0.2) is 36.9 Å². The van der Waals surface area contributed by atoms with E-state index in [2.05, 4.69) is 49.7 Å². The van der Waals surface area contributed by atoms with Crippen molar-refractivity contribution in [1.29, 1.82) is 0 Å². The fourth-order valence-electron chi connectivity index (χ4n) is 3.40. The molecule has 0 spiro atoms. The molecule has 148 valence electrons. The highest BCUT2D eigenvalue weighted by molar-refractivity contribution is 14.1. The fraction of sp³-hybridized carbons (Fsp3) is 0.389. The van der Waals surface area contributed by atoms with Crippen LogP contribution in [-0.2, 0) is 11.3 Å². The summed E-state index contributed by atoms with van der Waals surface area (Å²) in [7, 11) is 1.92. The van der Waals surface area contributed by atoms with Crippen LogP contribution in [0.5, 0.6) is 0 Å². The SMILES string of the molecule is CN(Cc1cccc(I)c1)c1ncnc2c1ncn2[C@@H]1O[C@H](CO)[C@@H](O)[C@H]1O. The number of hydrogen-bond donors (Lipinski definition) is 3. The van der Waals surface area contributed by atoms with Gasteiger partial charge in [0.1, 0.15) is 24.6 Å². The predicted molar refractivity (Wildman–Crippen MR) is 110 cm³/mol. The van der Waals surface area contributed by atoms with Crippen molar-refractivity contribution >= 4 is 39.6 Å². The number of aliphatic hydroxyl groups is 3. The highest BCUT2D eigenvalue weighted by Crippen LogP contribution is 2.32. The van der Waals surface area contributed by atoms with Gasteiger partial charge < -0.3 is 25.0 Å². The van der Waals surface area contributed by atoms with Crippen molar-refractivity contribution < 1.29 is 20.1 Å². The zero-order valence-electron chi connectivity index (χ0n) is 15.1. The van der Waals surface area contributed by atoms with Gasteiger partial charge in [-0.1, -0.05) is 12.1 Å². The molecule has 1 aliphatic rings. The molecule has 0 aliphatic carbocycles. The summed E-state index contributed by atoms with van der Waals surface area (Å²) in [5, 5.41) is 29.6. The lowest BCUT2D eigenvalue weighted by Gasteiger charge is -2.19. The van der Waals surface area contributed by atoms with Crippen LogP contribution in [0, 0.1) is 3.57 Å². The lowest BCUT2D eigenvalue weighted by molar-refractivity contribution is -0.0511. The topological polar surface area (TPSA) is 117 Å². The largest absolute Gasteiger partial charge is 0.394 e. The lowest BCUT2D eigenvalue weighted by Crippen LogP contribution is -2.33. The van der Waals surface area contributed by atoms with Crippen LogP contribution in [0.2, 0.25) is 0 Å². The lowest BCUT2D eigenvalue weighted by atomic mass is 10.1. The standard InChI is InChI=1S/C18H20IN5O4/c1-23(6-10-3-2-4-11(19)5-10)16-13-17(21-8-20-16)24(9-22-13)18-15(27)14(26)12(7-25)28-18/h2-5,8-9,12,14-15,18,25-27H,6-7H2,1H3/t12-,14-,15-,18-/m1/s1. The van der Waals surface area contributed by atoms with E-state index in [0.29, 0.717) is 23.5 Å². The molecular weight excluding hydrogens is 477 g/mol. The number of benzene rings is 1. The molecule has 3 aromatic rings. The molecule has 1 aromatic carbocycles. The van der Waals surface area contributed by atoms with Crippen molar-refractivity contribution in [2.75, 3.05) is 18.6 Å². The molecule has 1 aliphatic heterocycles. The quantitative estimate of drug-likeness (QED) is 0.441. The maximum absolute atomic E-state index is 10.3. The molecule has 0 unspecified atom stereocenters. The van der Waals surface area contributed by atoms with E-state index in [0.717, 1.165) is 9.13 Å². The normalized spacial score (nSPS) is 24.8. The van der Waals surface area contributed by atoms with Gasteiger partial charge in [0.05, 0.1) is 12.9 Å². The molecule has 0 radical (unpaired) electrons. The van der Waals surface area contributed by atoms with Crippen LogP contribution in [0.3, 0.4) is 0 Å². The molecule has 4 rings (SSSR count). The Labute approximate surface area is 174 Å². The van der Waals surface area contributed by atoms with Crippen LogP contribution in [0.25, 0.3) is 11.2 Å². The third-order valence-electron chi connectivity index (χ3n) is 4.80. The van der Waals surface area contributed by atoms with Crippen molar-refractivity contribution in [2.45, 2.75) is 31.1 Å². The minimum Gasteiger partial charge on any atom is -0.394 e. The highest BCUT2D eigenvalue weighted by Gasteiger charge is 2.44. The van der Waals surface area contributed by atoms with Gasteiger partial charge >= 0.3 is 0 Å². The smallest absolute Gasteiger partial charge is 0.167 e. The van der Waals surface area contributed by atoms with Gasteiger partial charge in [0, 0.05) is 17.2 Å². The Balaban J connectivity index is 1.65. The van der Waals surface area contributed by atoms with Crippen LogP contribution < -0.4 is 4.90 Å². The van der Waals surface area contributed by atoms with Crippen molar-refractivity contribution in [3.05, 3.63) is 46.1 Å². The van der Waals surface area contributed by atoms with Crippen molar-refractivity contribution in [1.82, 2.24) is 19.5 Å². The first kappa shape index (κ1) is 19.5. The maximum Gasteiger partial charge on any atom is 0.167 e. The van der Waals surface area contributed by atoms with E-state index in [9.17, 15) is 15.3 Å². The van der Waals surface area contributed by atoms with Gasteiger partial charge in [0.25, 0.3) is 0 Å². The number of rotatable bonds is 5. The summed E-state index contributed by atoms with van der Waals surface area (Å²) < 4.78 is 8.31. The number of imidazole rings is 1. The van der Waals surface area contributed by atoms with Crippen LogP contribution in [0.4, 0.5) is 5.82 Å². The highest BCUT2D eigenvalue weighted by atomic mass is 127. The van der Waals surface area contributed by atoms with E-state index < -0.39 is 24.5 Å². The number of fused-ring (bicyclic) bond motifs is 1. The van der Waals surface area contributed by atoms with Gasteiger partial charge in [-0.3, -0.25) is 4.57 Å². The Bertz CT molecular complexity index is 984. The minimum atomic E-state index is -1.20. The summed E-state index contributed by atoms with van der Waals surface area (Å²) >= 11 is 2.28. The monoisotopic (exact) mass is 497 g/mol. The molecule has 9 nitrogen and oxygen atoms in total. The van der Waals surface area contributed by atoms with Gasteiger partial charge in [-0.2, -0.15) is 0 Å². The second-order valence-corrected chi connectivity index (χ2v) is 7.98. The number of halogens is 1. The van der Waals surface area contributed by atoms with Crippen LogP contribution in [0.1, 0.15) is 11.8 Å². The van der Waals surface area contributed by atoms with E-state index in [4.69, 9.17) is 4.74 Å². The van der Waals surface area contributed by atoms with E-state index >= 15 is 0 Å².